The van der Waals surface area contributed by atoms with Gasteiger partial charge in [0.05, 0.1) is 10.0 Å². The van der Waals surface area contributed by atoms with Crippen LogP contribution in [0, 0.1) is 13.8 Å². The molecule has 4 aromatic carbocycles. The predicted octanol–water partition coefficient (Wildman–Crippen LogP) is 10.3. The molecule has 0 saturated carbocycles. The maximum atomic E-state index is 12.8. The number of hydrogen-bond acceptors (Lipinski definition) is 8. The van der Waals surface area contributed by atoms with Crippen molar-refractivity contribution in [3.05, 3.63) is 129 Å². The van der Waals surface area contributed by atoms with Crippen LogP contribution in [0.15, 0.2) is 128 Å². The molecule has 0 aliphatic rings. The van der Waals surface area contributed by atoms with E-state index in [1.807, 2.05) is 38.1 Å². The first-order valence-electron chi connectivity index (χ1n) is 13.9. The Labute approximate surface area is 275 Å². The van der Waals surface area contributed by atoms with Gasteiger partial charge in [0.1, 0.15) is 22.9 Å². The van der Waals surface area contributed by atoms with Crippen LogP contribution < -0.4 is 10.6 Å². The number of hydrogen-bond donors (Lipinski definition) is 4. The number of aryl methyl sites for hydroxylation is 2. The molecular formula is C34H30Cl2N6O4. The predicted molar refractivity (Wildman–Crippen MR) is 181 cm³/mol. The Bertz CT molecular complexity index is 1790. The second-order valence-corrected chi connectivity index (χ2v) is 11.0. The zero-order valence-corrected chi connectivity index (χ0v) is 26.9. The fourth-order valence-corrected chi connectivity index (χ4v) is 4.53. The summed E-state index contributed by atoms with van der Waals surface area (Å²) in [6.45, 7) is 6.37. The van der Waals surface area contributed by atoms with Crippen molar-refractivity contribution in [2.45, 2.75) is 27.7 Å². The molecule has 0 bridgehead atoms. The van der Waals surface area contributed by atoms with Gasteiger partial charge >= 0.3 is 0 Å². The van der Waals surface area contributed by atoms with Gasteiger partial charge in [-0.1, -0.05) is 71.7 Å². The van der Waals surface area contributed by atoms with Crippen molar-refractivity contribution < 1.29 is 19.8 Å². The second kappa shape index (κ2) is 15.1. The van der Waals surface area contributed by atoms with Crippen LogP contribution in [0.2, 0.25) is 10.0 Å². The van der Waals surface area contributed by atoms with Crippen molar-refractivity contribution in [3.63, 3.8) is 0 Å². The van der Waals surface area contributed by atoms with Gasteiger partial charge < -0.3 is 20.8 Å². The van der Waals surface area contributed by atoms with Crippen LogP contribution in [-0.4, -0.2) is 22.0 Å². The van der Waals surface area contributed by atoms with E-state index in [0.29, 0.717) is 22.5 Å². The summed E-state index contributed by atoms with van der Waals surface area (Å²) < 4.78 is 0. The van der Waals surface area contributed by atoms with Gasteiger partial charge in [-0.2, -0.15) is 0 Å². The van der Waals surface area contributed by atoms with Crippen LogP contribution in [0.3, 0.4) is 0 Å². The molecule has 0 aliphatic heterocycles. The van der Waals surface area contributed by atoms with Crippen molar-refractivity contribution in [1.29, 1.82) is 0 Å². The Hall–Kier alpha value is -5.32. The quantitative estimate of drug-likeness (QED) is 0.0805. The van der Waals surface area contributed by atoms with E-state index in [1.165, 1.54) is 13.8 Å². The topological polar surface area (TPSA) is 148 Å². The normalized spacial score (nSPS) is 12.6. The number of benzene rings is 4. The number of para-hydroxylation sites is 2. The number of halogens is 2. The molecule has 0 atom stereocenters. The van der Waals surface area contributed by atoms with Crippen molar-refractivity contribution in [2.75, 3.05) is 10.6 Å². The molecule has 0 fully saturated rings. The number of rotatable bonds is 9. The molecule has 234 valence electrons. The number of carbonyl (C=O) groups is 2. The summed E-state index contributed by atoms with van der Waals surface area (Å²) in [4.78, 5) is 25.5. The monoisotopic (exact) mass is 656 g/mol. The second-order valence-electron chi connectivity index (χ2n) is 10.1. The molecule has 46 heavy (non-hydrogen) atoms. The average Bonchev–Trinajstić information content (AvgIpc) is 3.00. The molecule has 2 amide bonds. The van der Waals surface area contributed by atoms with Gasteiger partial charge in [0.25, 0.3) is 11.8 Å². The lowest BCUT2D eigenvalue weighted by atomic mass is 10.1. The van der Waals surface area contributed by atoms with E-state index in [2.05, 4.69) is 31.1 Å². The highest BCUT2D eigenvalue weighted by molar-refractivity contribution is 6.34. The highest BCUT2D eigenvalue weighted by atomic mass is 35.5. The standard InChI is InChI=1S/C34H30Cl2N6O4/c1-19-9-5-7-11-27(19)37-33(45)31(21(3)43)41-39-29-15-13-23(17-25(29)35)24-14-16-30(26(36)18-24)40-42-32(22(4)44)34(46)38-28-12-8-6-10-20(28)2/h5-18,43-44H,1-4H3,(H,37,45)(H,38,46). The minimum atomic E-state index is -0.624. The van der Waals surface area contributed by atoms with Crippen molar-refractivity contribution >= 4 is 57.8 Å². The molecule has 4 rings (SSSR count). The molecule has 4 N–H and O–H groups in total. The highest BCUT2D eigenvalue weighted by Crippen LogP contribution is 2.35. The Morgan fingerprint density at radius 1 is 0.609 bits per heavy atom. The molecule has 0 heterocycles. The van der Waals surface area contributed by atoms with Gasteiger partial charge in [0, 0.05) is 11.4 Å². The van der Waals surface area contributed by atoms with Crippen molar-refractivity contribution in [2.24, 2.45) is 20.5 Å². The summed E-state index contributed by atoms with van der Waals surface area (Å²) in [5, 5.41) is 42.2. The van der Waals surface area contributed by atoms with E-state index >= 15 is 0 Å². The summed E-state index contributed by atoms with van der Waals surface area (Å²) in [7, 11) is 0. The first-order chi connectivity index (χ1) is 21.9. The van der Waals surface area contributed by atoms with Crippen LogP contribution in [0.25, 0.3) is 11.1 Å². The zero-order chi connectivity index (χ0) is 33.4. The van der Waals surface area contributed by atoms with E-state index < -0.39 is 11.8 Å². The summed E-state index contributed by atoms with van der Waals surface area (Å²) in [5.74, 6) is -1.86. The van der Waals surface area contributed by atoms with Gasteiger partial charge in [-0.3, -0.25) is 9.59 Å². The molecular weight excluding hydrogens is 627 g/mol. The molecule has 0 spiro atoms. The van der Waals surface area contributed by atoms with Crippen LogP contribution in [0.5, 0.6) is 0 Å². The summed E-state index contributed by atoms with van der Waals surface area (Å²) >= 11 is 13.0. The Morgan fingerprint density at radius 2 is 0.978 bits per heavy atom. The van der Waals surface area contributed by atoms with Gasteiger partial charge in [-0.05, 0) is 86.3 Å². The molecule has 0 aromatic heterocycles. The largest absolute Gasteiger partial charge is 0.510 e. The molecule has 0 radical (unpaired) electrons. The lowest BCUT2D eigenvalue weighted by molar-refractivity contribution is -0.113. The average molecular weight is 658 g/mol. The van der Waals surface area contributed by atoms with Crippen LogP contribution in [0.1, 0.15) is 25.0 Å². The number of azo groups is 2. The van der Waals surface area contributed by atoms with E-state index in [-0.39, 0.29) is 44.3 Å². The molecule has 0 unspecified atom stereocenters. The minimum absolute atomic E-state index is 0.239. The number of allylic oxidation sites excluding steroid dienone is 2. The molecule has 0 saturated heterocycles. The first-order valence-corrected chi connectivity index (χ1v) is 14.7. The van der Waals surface area contributed by atoms with Crippen molar-refractivity contribution in [1.82, 2.24) is 0 Å². The third-order valence-electron chi connectivity index (χ3n) is 6.65. The third-order valence-corrected chi connectivity index (χ3v) is 7.25. The number of nitrogens with zero attached hydrogens (tertiary/aromatic N) is 4. The summed E-state index contributed by atoms with van der Waals surface area (Å²) in [5.41, 5.74) is 4.28. The number of anilines is 2. The Balaban J connectivity index is 1.49. The van der Waals surface area contributed by atoms with Gasteiger partial charge in [0.15, 0.2) is 11.4 Å². The highest BCUT2D eigenvalue weighted by Gasteiger charge is 2.16. The number of amides is 2. The number of aliphatic hydroxyl groups excluding tert-OH is 2. The number of carbonyl (C=O) groups excluding carboxylic acids is 2. The molecule has 0 aliphatic carbocycles. The van der Waals surface area contributed by atoms with Gasteiger partial charge in [-0.15, -0.1) is 20.5 Å². The van der Waals surface area contributed by atoms with Crippen molar-refractivity contribution in [3.8, 4) is 11.1 Å². The minimum Gasteiger partial charge on any atom is -0.510 e. The SMILES string of the molecule is CC(O)=C(N=Nc1ccc(-c2ccc(N=NC(C(=O)Nc3ccccc3C)=C(C)O)c(Cl)c2)cc1Cl)C(=O)Nc1ccccc1C. The summed E-state index contributed by atoms with van der Waals surface area (Å²) in [6.07, 6.45) is 0. The fraction of sp³-hybridized carbons (Fsp3) is 0.118. The summed E-state index contributed by atoms with van der Waals surface area (Å²) in [6, 6.07) is 24.4. The van der Waals surface area contributed by atoms with Crippen LogP contribution in [0.4, 0.5) is 22.7 Å². The molecule has 12 heteroatoms. The van der Waals surface area contributed by atoms with Crippen LogP contribution >= 0.6 is 23.2 Å². The van der Waals surface area contributed by atoms with E-state index in [0.717, 1.165) is 11.1 Å². The maximum Gasteiger partial charge on any atom is 0.279 e. The van der Waals surface area contributed by atoms with E-state index in [1.54, 1.807) is 60.7 Å². The lowest BCUT2D eigenvalue weighted by Crippen LogP contribution is -2.15. The Kier molecular flexibility index (Phi) is 11.0. The maximum absolute atomic E-state index is 12.8. The number of nitrogens with one attached hydrogen (secondary N) is 2. The van der Waals surface area contributed by atoms with Gasteiger partial charge in [0.2, 0.25) is 0 Å². The molecule has 10 nitrogen and oxygen atoms in total. The molecule has 4 aromatic rings. The Morgan fingerprint density at radius 3 is 1.30 bits per heavy atom. The fourth-order valence-electron chi connectivity index (χ4n) is 4.10. The lowest BCUT2D eigenvalue weighted by Gasteiger charge is -2.09. The first kappa shape index (κ1) is 33.6. The van der Waals surface area contributed by atoms with Gasteiger partial charge in [-0.25, -0.2) is 0 Å². The smallest absolute Gasteiger partial charge is 0.279 e. The third kappa shape index (κ3) is 8.44. The van der Waals surface area contributed by atoms with E-state index in [9.17, 15) is 19.8 Å². The number of aliphatic hydroxyl groups is 2. The van der Waals surface area contributed by atoms with Crippen LogP contribution in [-0.2, 0) is 9.59 Å². The van der Waals surface area contributed by atoms with E-state index in [4.69, 9.17) is 23.2 Å². The zero-order valence-electron chi connectivity index (χ0n) is 25.3.